The van der Waals surface area contributed by atoms with E-state index < -0.39 is 0 Å². The SMILES string of the molecule is CCNC(COC)Cn1nc(C)c(C)c1C. The lowest BCUT2D eigenvalue weighted by molar-refractivity contribution is 0.157. The van der Waals surface area contributed by atoms with Crippen LogP contribution in [0.25, 0.3) is 0 Å². The molecule has 0 aliphatic rings. The van der Waals surface area contributed by atoms with Crippen molar-refractivity contribution in [1.29, 1.82) is 0 Å². The lowest BCUT2D eigenvalue weighted by atomic mass is 10.2. The Labute approximate surface area is 98.0 Å². The molecule has 4 nitrogen and oxygen atoms in total. The molecule has 0 saturated carbocycles. The number of nitrogens with one attached hydrogen (secondary N) is 1. The summed E-state index contributed by atoms with van der Waals surface area (Å²) in [5, 5.41) is 7.94. The third kappa shape index (κ3) is 3.06. The third-order valence-corrected chi connectivity index (χ3v) is 3.00. The minimum Gasteiger partial charge on any atom is -0.383 e. The molecule has 0 spiro atoms. The molecule has 0 fully saturated rings. The van der Waals surface area contributed by atoms with Crippen molar-refractivity contribution >= 4 is 0 Å². The van der Waals surface area contributed by atoms with E-state index >= 15 is 0 Å². The highest BCUT2D eigenvalue weighted by Crippen LogP contribution is 2.11. The summed E-state index contributed by atoms with van der Waals surface area (Å²) in [5.74, 6) is 0. The highest BCUT2D eigenvalue weighted by Gasteiger charge is 2.12. The van der Waals surface area contributed by atoms with Crippen LogP contribution in [0.4, 0.5) is 0 Å². The van der Waals surface area contributed by atoms with Crippen molar-refractivity contribution in [3.8, 4) is 0 Å². The minimum absolute atomic E-state index is 0.326. The molecule has 1 aromatic rings. The number of ether oxygens (including phenoxy) is 1. The van der Waals surface area contributed by atoms with Crippen molar-refractivity contribution in [3.05, 3.63) is 17.0 Å². The lowest BCUT2D eigenvalue weighted by Gasteiger charge is -2.17. The maximum Gasteiger partial charge on any atom is 0.0633 e. The van der Waals surface area contributed by atoms with Crippen LogP contribution in [0, 0.1) is 20.8 Å². The summed E-state index contributed by atoms with van der Waals surface area (Å²) in [5.41, 5.74) is 3.65. The van der Waals surface area contributed by atoms with E-state index in [2.05, 4.69) is 42.8 Å². The van der Waals surface area contributed by atoms with Crippen molar-refractivity contribution in [2.75, 3.05) is 20.3 Å². The maximum atomic E-state index is 5.20. The Bertz CT molecular complexity index is 327. The summed E-state index contributed by atoms with van der Waals surface area (Å²) in [7, 11) is 1.73. The molecule has 0 aliphatic heterocycles. The number of methoxy groups -OCH3 is 1. The molecule has 92 valence electrons. The first-order chi connectivity index (χ1) is 7.60. The second kappa shape index (κ2) is 6.01. The Balaban J connectivity index is 2.72. The van der Waals surface area contributed by atoms with Crippen LogP contribution in [-0.2, 0) is 11.3 Å². The van der Waals surface area contributed by atoms with Gasteiger partial charge in [0.2, 0.25) is 0 Å². The number of hydrogen-bond donors (Lipinski definition) is 1. The van der Waals surface area contributed by atoms with Gasteiger partial charge in [-0.1, -0.05) is 6.92 Å². The zero-order valence-electron chi connectivity index (χ0n) is 11.0. The molecule has 1 atom stereocenters. The molecule has 1 rings (SSSR count). The average Bonchev–Trinajstić information content (AvgIpc) is 2.47. The summed E-state index contributed by atoms with van der Waals surface area (Å²) in [6, 6.07) is 0.326. The van der Waals surface area contributed by atoms with Gasteiger partial charge in [-0.3, -0.25) is 4.68 Å². The van der Waals surface area contributed by atoms with E-state index in [1.807, 2.05) is 0 Å². The van der Waals surface area contributed by atoms with E-state index in [0.29, 0.717) is 12.6 Å². The lowest BCUT2D eigenvalue weighted by Crippen LogP contribution is -2.37. The fourth-order valence-electron chi connectivity index (χ4n) is 1.84. The van der Waals surface area contributed by atoms with Crippen LogP contribution < -0.4 is 5.32 Å². The summed E-state index contributed by atoms with van der Waals surface area (Å²) in [6.45, 7) is 10.9. The van der Waals surface area contributed by atoms with Gasteiger partial charge in [-0.15, -0.1) is 0 Å². The van der Waals surface area contributed by atoms with Crippen LogP contribution in [-0.4, -0.2) is 36.1 Å². The highest BCUT2D eigenvalue weighted by atomic mass is 16.5. The van der Waals surface area contributed by atoms with Gasteiger partial charge in [-0.2, -0.15) is 5.10 Å². The maximum absolute atomic E-state index is 5.20. The fraction of sp³-hybridized carbons (Fsp3) is 0.750. The standard InChI is InChI=1S/C12H23N3O/c1-6-13-12(8-16-5)7-15-11(4)9(2)10(3)14-15/h12-13H,6-8H2,1-5H3. The number of likely N-dealkylation sites (N-methyl/N-ethyl adjacent to an activating group) is 1. The molecule has 0 aromatic carbocycles. The van der Waals surface area contributed by atoms with Crippen LogP contribution in [0.5, 0.6) is 0 Å². The number of nitrogens with zero attached hydrogens (tertiary/aromatic N) is 2. The molecule has 0 bridgehead atoms. The number of aromatic nitrogens is 2. The Hall–Kier alpha value is -0.870. The van der Waals surface area contributed by atoms with E-state index in [-0.39, 0.29) is 0 Å². The molecule has 1 unspecified atom stereocenters. The molecule has 4 heteroatoms. The van der Waals surface area contributed by atoms with Crippen LogP contribution in [0.2, 0.25) is 0 Å². The molecular formula is C12H23N3O. The van der Waals surface area contributed by atoms with Crippen molar-refractivity contribution < 1.29 is 4.74 Å². The molecule has 16 heavy (non-hydrogen) atoms. The predicted octanol–water partition coefficient (Wildman–Crippen LogP) is 1.43. The van der Waals surface area contributed by atoms with Crippen LogP contribution in [0.15, 0.2) is 0 Å². The molecule has 0 amide bonds. The van der Waals surface area contributed by atoms with Gasteiger partial charge in [-0.25, -0.2) is 0 Å². The monoisotopic (exact) mass is 225 g/mol. The van der Waals surface area contributed by atoms with E-state index in [1.54, 1.807) is 7.11 Å². The molecule has 0 saturated heterocycles. The Morgan fingerprint density at radius 3 is 2.50 bits per heavy atom. The smallest absolute Gasteiger partial charge is 0.0633 e. The van der Waals surface area contributed by atoms with Crippen molar-refractivity contribution in [1.82, 2.24) is 15.1 Å². The molecule has 0 radical (unpaired) electrons. The number of hydrogen-bond acceptors (Lipinski definition) is 3. The second-order valence-electron chi connectivity index (χ2n) is 4.19. The Morgan fingerprint density at radius 1 is 1.38 bits per heavy atom. The Morgan fingerprint density at radius 2 is 2.06 bits per heavy atom. The first-order valence-electron chi connectivity index (χ1n) is 5.83. The fourth-order valence-corrected chi connectivity index (χ4v) is 1.84. The number of rotatable bonds is 6. The molecule has 1 aromatic heterocycles. The van der Waals surface area contributed by atoms with Crippen molar-refractivity contribution in [2.24, 2.45) is 0 Å². The predicted molar refractivity (Wildman–Crippen MR) is 65.8 cm³/mol. The number of aryl methyl sites for hydroxylation is 1. The van der Waals surface area contributed by atoms with E-state index in [1.165, 1.54) is 11.3 Å². The summed E-state index contributed by atoms with van der Waals surface area (Å²) in [4.78, 5) is 0. The third-order valence-electron chi connectivity index (χ3n) is 3.00. The normalized spacial score (nSPS) is 13.1. The minimum atomic E-state index is 0.326. The van der Waals surface area contributed by atoms with Crippen LogP contribution >= 0.6 is 0 Å². The van der Waals surface area contributed by atoms with Gasteiger partial charge in [0, 0.05) is 12.8 Å². The van der Waals surface area contributed by atoms with Crippen molar-refractivity contribution in [2.45, 2.75) is 40.3 Å². The topological polar surface area (TPSA) is 39.1 Å². The highest BCUT2D eigenvalue weighted by molar-refractivity contribution is 5.22. The zero-order valence-corrected chi connectivity index (χ0v) is 11.0. The zero-order chi connectivity index (χ0) is 12.1. The Kier molecular flexibility index (Phi) is 4.96. The van der Waals surface area contributed by atoms with Gasteiger partial charge in [0.05, 0.1) is 24.9 Å². The molecule has 1 heterocycles. The first kappa shape index (κ1) is 13.2. The van der Waals surface area contributed by atoms with Gasteiger partial charge >= 0.3 is 0 Å². The van der Waals surface area contributed by atoms with Gasteiger partial charge in [0.25, 0.3) is 0 Å². The van der Waals surface area contributed by atoms with E-state index in [9.17, 15) is 0 Å². The van der Waals surface area contributed by atoms with Gasteiger partial charge in [-0.05, 0) is 32.9 Å². The van der Waals surface area contributed by atoms with Crippen LogP contribution in [0.3, 0.4) is 0 Å². The second-order valence-corrected chi connectivity index (χ2v) is 4.19. The molecular weight excluding hydrogens is 202 g/mol. The summed E-state index contributed by atoms with van der Waals surface area (Å²) >= 11 is 0. The van der Waals surface area contributed by atoms with Gasteiger partial charge in [0.1, 0.15) is 0 Å². The largest absolute Gasteiger partial charge is 0.383 e. The van der Waals surface area contributed by atoms with Gasteiger partial charge in [0.15, 0.2) is 0 Å². The molecule has 0 aliphatic carbocycles. The van der Waals surface area contributed by atoms with E-state index in [0.717, 1.165) is 18.8 Å². The quantitative estimate of drug-likeness (QED) is 0.796. The first-order valence-corrected chi connectivity index (χ1v) is 5.83. The summed E-state index contributed by atoms with van der Waals surface area (Å²) in [6.07, 6.45) is 0. The summed E-state index contributed by atoms with van der Waals surface area (Å²) < 4.78 is 7.27. The molecule has 1 N–H and O–H groups in total. The van der Waals surface area contributed by atoms with E-state index in [4.69, 9.17) is 4.74 Å². The average molecular weight is 225 g/mol. The van der Waals surface area contributed by atoms with Gasteiger partial charge < -0.3 is 10.1 Å². The van der Waals surface area contributed by atoms with Crippen molar-refractivity contribution in [3.63, 3.8) is 0 Å². The van der Waals surface area contributed by atoms with Crippen LogP contribution in [0.1, 0.15) is 23.9 Å².